The van der Waals surface area contributed by atoms with E-state index in [1.165, 1.54) is 12.1 Å². The molecule has 0 radical (unpaired) electrons. The van der Waals surface area contributed by atoms with Gasteiger partial charge in [-0.15, -0.1) is 6.58 Å². The first kappa shape index (κ1) is 27.7. The number of hydrogen-bond donors (Lipinski definition) is 1. The van der Waals surface area contributed by atoms with Crippen LogP contribution in [0, 0.1) is 11.8 Å². The maximum absolute atomic E-state index is 12.8. The molecule has 1 aliphatic carbocycles. The molecule has 1 aliphatic heterocycles. The Morgan fingerprint density at radius 2 is 1.97 bits per heavy atom. The van der Waals surface area contributed by atoms with E-state index in [1.807, 2.05) is 18.2 Å². The summed E-state index contributed by atoms with van der Waals surface area (Å²) in [5.41, 5.74) is -0.0960. The number of carbonyl (C=O) groups excluding carboxylic acids is 1. The number of ether oxygens (including phenoxy) is 2. The lowest BCUT2D eigenvalue weighted by molar-refractivity contribution is -0.148. The Morgan fingerprint density at radius 1 is 1.21 bits per heavy atom. The van der Waals surface area contributed by atoms with Crippen molar-refractivity contribution in [2.75, 3.05) is 33.9 Å². The Bertz CT molecular complexity index is 1220. The first-order valence-electron chi connectivity index (χ1n) is 12.7. The van der Waals surface area contributed by atoms with Gasteiger partial charge >= 0.3 is 6.18 Å². The van der Waals surface area contributed by atoms with Crippen molar-refractivity contribution in [1.82, 2.24) is 10.2 Å². The highest BCUT2D eigenvalue weighted by molar-refractivity contribution is 5.94. The van der Waals surface area contributed by atoms with Crippen molar-refractivity contribution in [1.29, 1.82) is 0 Å². The summed E-state index contributed by atoms with van der Waals surface area (Å²) in [7, 11) is 3.41. The molecule has 4 rings (SSSR count). The largest absolute Gasteiger partial charge is 0.497 e. The van der Waals surface area contributed by atoms with Gasteiger partial charge < -0.3 is 14.8 Å². The number of methoxy groups -OCH3 is 2. The van der Waals surface area contributed by atoms with Crippen LogP contribution in [-0.2, 0) is 21.1 Å². The maximum Gasteiger partial charge on any atom is 0.416 e. The topological polar surface area (TPSA) is 50.8 Å². The SMILES string of the molecule is C=CCN1CC[C@@]2(c3cccc(OC)c3)C[C@H](NC(=O)C#Cc3ccc(C(F)(F)F)cc3)CC[C@]2(OC)C1. The fourth-order valence-corrected chi connectivity index (χ4v) is 6.07. The number of amides is 1. The summed E-state index contributed by atoms with van der Waals surface area (Å²) in [6.45, 7) is 6.29. The number of likely N-dealkylation sites (tertiary alicyclic amines) is 1. The van der Waals surface area contributed by atoms with Gasteiger partial charge in [0.15, 0.2) is 0 Å². The molecule has 1 N–H and O–H groups in total. The summed E-state index contributed by atoms with van der Waals surface area (Å²) in [5, 5.41) is 3.05. The van der Waals surface area contributed by atoms with Crippen molar-refractivity contribution in [3.8, 4) is 17.6 Å². The fraction of sp³-hybridized carbons (Fsp3) is 0.433. The summed E-state index contributed by atoms with van der Waals surface area (Å²) >= 11 is 0. The van der Waals surface area contributed by atoms with Gasteiger partial charge in [0.2, 0.25) is 0 Å². The first-order chi connectivity index (χ1) is 18.1. The minimum atomic E-state index is -4.41. The van der Waals surface area contributed by atoms with Crippen molar-refractivity contribution in [3.05, 3.63) is 77.9 Å². The predicted octanol–water partition coefficient (Wildman–Crippen LogP) is 4.95. The Labute approximate surface area is 222 Å². The van der Waals surface area contributed by atoms with Gasteiger partial charge in [-0.05, 0) is 74.2 Å². The molecule has 0 unspecified atom stereocenters. The average Bonchev–Trinajstić information content (AvgIpc) is 2.92. The predicted molar refractivity (Wildman–Crippen MR) is 140 cm³/mol. The molecule has 2 aromatic rings. The summed E-state index contributed by atoms with van der Waals surface area (Å²) in [4.78, 5) is 15.1. The van der Waals surface area contributed by atoms with Crippen molar-refractivity contribution in [2.24, 2.45) is 0 Å². The van der Waals surface area contributed by atoms with E-state index in [2.05, 4.69) is 40.8 Å². The van der Waals surface area contributed by atoms with Gasteiger partial charge in [0, 0.05) is 43.1 Å². The minimum Gasteiger partial charge on any atom is -0.497 e. The number of carbonyl (C=O) groups is 1. The van der Waals surface area contributed by atoms with Crippen LogP contribution in [0.1, 0.15) is 42.4 Å². The van der Waals surface area contributed by atoms with Gasteiger partial charge in [-0.2, -0.15) is 13.2 Å². The van der Waals surface area contributed by atoms with Crippen molar-refractivity contribution >= 4 is 5.91 Å². The van der Waals surface area contributed by atoms with Crippen LogP contribution < -0.4 is 10.1 Å². The minimum absolute atomic E-state index is 0.134. The molecule has 1 saturated heterocycles. The van der Waals surface area contributed by atoms with Gasteiger partial charge in [-0.25, -0.2) is 0 Å². The number of hydrogen-bond acceptors (Lipinski definition) is 4. The number of fused-ring (bicyclic) bond motifs is 1. The van der Waals surface area contributed by atoms with Gasteiger partial charge in [-0.3, -0.25) is 9.69 Å². The standard InChI is InChI=1S/C30H33F3N2O3/c1-4-17-35-18-16-28(24-6-5-7-26(19-24)37-2)20-25(14-15-29(28,21-35)38-3)34-27(36)13-10-22-8-11-23(12-9-22)30(31,32)33/h4-9,11-12,19,25H,1,14-18,20-21H2,2-3H3,(H,34,36)/t25-,28+,29+/m1/s1. The van der Waals surface area contributed by atoms with E-state index in [0.717, 1.165) is 62.3 Å². The molecular formula is C30H33F3N2O3. The Hall–Kier alpha value is -3.28. The fourth-order valence-electron chi connectivity index (χ4n) is 6.07. The number of nitrogens with one attached hydrogen (secondary N) is 1. The van der Waals surface area contributed by atoms with Crippen LogP contribution in [-0.4, -0.2) is 56.3 Å². The van der Waals surface area contributed by atoms with Crippen LogP contribution in [0.25, 0.3) is 0 Å². The van der Waals surface area contributed by atoms with Crippen molar-refractivity contribution < 1.29 is 27.4 Å². The molecule has 8 heteroatoms. The molecule has 2 fully saturated rings. The van der Waals surface area contributed by atoms with Crippen molar-refractivity contribution in [3.63, 3.8) is 0 Å². The van der Waals surface area contributed by atoms with E-state index in [1.54, 1.807) is 14.2 Å². The molecule has 0 spiro atoms. The second-order valence-corrected chi connectivity index (χ2v) is 10.0. The monoisotopic (exact) mass is 526 g/mol. The third-order valence-electron chi connectivity index (χ3n) is 7.97. The van der Waals surface area contributed by atoms with Crippen LogP contribution >= 0.6 is 0 Å². The normalized spacial score (nSPS) is 25.4. The number of piperidine rings is 1. The van der Waals surface area contributed by atoms with Crippen LogP contribution in [0.15, 0.2) is 61.2 Å². The van der Waals surface area contributed by atoms with E-state index < -0.39 is 23.2 Å². The second kappa shape index (κ2) is 11.2. The molecule has 202 valence electrons. The number of halogens is 3. The highest BCUT2D eigenvalue weighted by atomic mass is 19.4. The molecule has 5 nitrogen and oxygen atoms in total. The van der Waals surface area contributed by atoms with E-state index >= 15 is 0 Å². The van der Waals surface area contributed by atoms with Crippen LogP contribution in [0.2, 0.25) is 0 Å². The van der Waals surface area contributed by atoms with Gasteiger partial charge in [-0.1, -0.05) is 24.1 Å². The molecule has 0 aromatic heterocycles. The number of alkyl halides is 3. The summed E-state index contributed by atoms with van der Waals surface area (Å²) < 4.78 is 50.3. The zero-order chi connectivity index (χ0) is 27.4. The summed E-state index contributed by atoms with van der Waals surface area (Å²) in [6, 6.07) is 12.4. The van der Waals surface area contributed by atoms with Crippen molar-refractivity contribution in [2.45, 2.75) is 48.9 Å². The highest BCUT2D eigenvalue weighted by Gasteiger charge is 2.58. The Kier molecular flexibility index (Phi) is 8.19. The lowest BCUT2D eigenvalue weighted by Crippen LogP contribution is -2.67. The van der Waals surface area contributed by atoms with E-state index in [0.29, 0.717) is 12.0 Å². The molecule has 2 aromatic carbocycles. The number of benzene rings is 2. The Morgan fingerprint density at radius 3 is 2.63 bits per heavy atom. The quantitative estimate of drug-likeness (QED) is 0.428. The second-order valence-electron chi connectivity index (χ2n) is 10.0. The Balaban J connectivity index is 1.56. The molecular weight excluding hydrogens is 493 g/mol. The third kappa shape index (κ3) is 5.59. The smallest absolute Gasteiger partial charge is 0.416 e. The maximum atomic E-state index is 12.8. The summed E-state index contributed by atoms with van der Waals surface area (Å²) in [6.07, 6.45) is 0.460. The molecule has 2 aliphatic rings. The number of rotatable bonds is 6. The van der Waals surface area contributed by atoms with Crippen LogP contribution in [0.4, 0.5) is 13.2 Å². The van der Waals surface area contributed by atoms with Gasteiger partial charge in [0.25, 0.3) is 5.91 Å². The zero-order valence-electron chi connectivity index (χ0n) is 21.7. The molecule has 0 bridgehead atoms. The van der Waals surface area contributed by atoms with Crippen LogP contribution in [0.3, 0.4) is 0 Å². The third-order valence-corrected chi connectivity index (χ3v) is 7.97. The molecule has 1 heterocycles. The molecule has 38 heavy (non-hydrogen) atoms. The number of nitrogens with zero attached hydrogens (tertiary/aromatic N) is 1. The lowest BCUT2D eigenvalue weighted by Gasteiger charge is -2.59. The summed E-state index contributed by atoms with van der Waals surface area (Å²) in [5.74, 6) is 5.53. The van der Waals surface area contributed by atoms with E-state index in [-0.39, 0.29) is 11.5 Å². The first-order valence-corrected chi connectivity index (χ1v) is 12.7. The molecule has 1 saturated carbocycles. The van der Waals surface area contributed by atoms with Crippen LogP contribution in [0.5, 0.6) is 5.75 Å². The highest BCUT2D eigenvalue weighted by Crippen LogP contribution is 2.53. The van der Waals surface area contributed by atoms with E-state index in [9.17, 15) is 18.0 Å². The molecule has 1 amide bonds. The molecule has 3 atom stereocenters. The zero-order valence-corrected chi connectivity index (χ0v) is 21.7. The average molecular weight is 527 g/mol. The lowest BCUT2D eigenvalue weighted by atomic mass is 9.55. The van der Waals surface area contributed by atoms with Gasteiger partial charge in [0.1, 0.15) is 5.75 Å². The van der Waals surface area contributed by atoms with Gasteiger partial charge in [0.05, 0.1) is 18.3 Å². The van der Waals surface area contributed by atoms with E-state index in [4.69, 9.17) is 9.47 Å².